The van der Waals surface area contributed by atoms with E-state index in [2.05, 4.69) is 32.9 Å². The lowest BCUT2D eigenvalue weighted by atomic mass is 10.0. The fourth-order valence-corrected chi connectivity index (χ4v) is 3.82. The van der Waals surface area contributed by atoms with Crippen LogP contribution in [0.15, 0.2) is 23.1 Å². The van der Waals surface area contributed by atoms with Gasteiger partial charge in [-0.1, -0.05) is 31.5 Å². The second-order valence-corrected chi connectivity index (χ2v) is 6.66. The summed E-state index contributed by atoms with van der Waals surface area (Å²) in [4.78, 5) is 16.7. The first-order chi connectivity index (χ1) is 10.5. The average molecular weight is 316 g/mol. The zero-order valence-electron chi connectivity index (χ0n) is 13.4. The number of carbonyl (C=O) groups is 1. The van der Waals surface area contributed by atoms with Crippen LogP contribution in [0.5, 0.6) is 0 Å². The maximum absolute atomic E-state index is 10.7. The number of carbonyl (C=O) groups excluding carboxylic acids is 1. The van der Waals surface area contributed by atoms with Crippen molar-refractivity contribution in [3.63, 3.8) is 0 Å². The predicted octanol–water partition coefficient (Wildman–Crippen LogP) is 3.43. The summed E-state index contributed by atoms with van der Waals surface area (Å²) in [5.41, 5.74) is 4.51. The van der Waals surface area contributed by atoms with Crippen LogP contribution >= 0.6 is 11.8 Å². The lowest BCUT2D eigenvalue weighted by Gasteiger charge is -2.16. The predicted molar refractivity (Wildman–Crippen MR) is 90.2 cm³/mol. The topological polar surface area (TPSA) is 53.0 Å². The molecule has 2 aromatic rings. The summed E-state index contributed by atoms with van der Waals surface area (Å²) < 4.78 is 0. The molecule has 0 atom stereocenters. The summed E-state index contributed by atoms with van der Waals surface area (Å²) in [6.45, 7) is 6.30. The number of aromatic nitrogens is 1. The van der Waals surface area contributed by atoms with Crippen LogP contribution < -0.4 is 5.11 Å². The minimum atomic E-state index is -0.992. The molecule has 0 spiro atoms. The van der Waals surface area contributed by atoms with Gasteiger partial charge in [0, 0.05) is 27.7 Å². The summed E-state index contributed by atoms with van der Waals surface area (Å²) in [7, 11) is 0. The van der Waals surface area contributed by atoms with Gasteiger partial charge in [-0.2, -0.15) is 0 Å². The Balaban J connectivity index is 2.49. The molecule has 0 saturated heterocycles. The largest absolute Gasteiger partial charge is 0.550 e. The number of aliphatic carboxylic acids is 1. The van der Waals surface area contributed by atoms with Gasteiger partial charge in [0.2, 0.25) is 0 Å². The molecule has 4 heteroatoms. The molecule has 22 heavy (non-hydrogen) atoms. The Morgan fingerprint density at radius 3 is 2.77 bits per heavy atom. The van der Waals surface area contributed by atoms with Crippen molar-refractivity contribution in [2.75, 3.05) is 5.75 Å². The number of aryl methyl sites for hydroxylation is 2. The molecule has 1 aromatic carbocycles. The molecule has 0 aliphatic carbocycles. The molecule has 0 radical (unpaired) electrons. The number of carboxylic acids is 1. The highest BCUT2D eigenvalue weighted by molar-refractivity contribution is 7.99. The summed E-state index contributed by atoms with van der Waals surface area (Å²) >= 11 is 1.62. The summed E-state index contributed by atoms with van der Waals surface area (Å²) in [6, 6.07) is 6.20. The third kappa shape index (κ3) is 3.80. The third-order valence-electron chi connectivity index (χ3n) is 3.81. The normalized spacial score (nSPS) is 11.0. The zero-order chi connectivity index (χ0) is 16.1. The van der Waals surface area contributed by atoms with Gasteiger partial charge in [0.15, 0.2) is 0 Å². The molecule has 0 aliphatic heterocycles. The standard InChI is InChI=1S/C18H23NO2S/c1-4-5-8-14-13(3)19-17-12(2)7-6-9-15(17)18(14)22-11-10-16(20)21/h6-7,9H,4-5,8,10-11H2,1-3H3,(H,20,21)/p-1. The van der Waals surface area contributed by atoms with E-state index in [1.165, 1.54) is 10.5 Å². The zero-order valence-corrected chi connectivity index (χ0v) is 14.3. The van der Waals surface area contributed by atoms with Gasteiger partial charge >= 0.3 is 0 Å². The van der Waals surface area contributed by atoms with Crippen LogP contribution in [-0.4, -0.2) is 16.7 Å². The van der Waals surface area contributed by atoms with Gasteiger partial charge in [-0.05, 0) is 44.2 Å². The Morgan fingerprint density at radius 1 is 1.32 bits per heavy atom. The first-order valence-corrected chi connectivity index (χ1v) is 8.74. The molecule has 0 unspecified atom stereocenters. The van der Waals surface area contributed by atoms with E-state index in [1.54, 1.807) is 11.8 Å². The minimum Gasteiger partial charge on any atom is -0.550 e. The molecule has 1 heterocycles. The number of pyridine rings is 1. The van der Waals surface area contributed by atoms with Crippen LogP contribution in [0.1, 0.15) is 43.0 Å². The molecule has 1 aromatic heterocycles. The molecule has 0 fully saturated rings. The number of fused-ring (bicyclic) bond motifs is 1. The van der Waals surface area contributed by atoms with Gasteiger partial charge in [0.1, 0.15) is 0 Å². The highest BCUT2D eigenvalue weighted by Gasteiger charge is 2.14. The van der Waals surface area contributed by atoms with Crippen molar-refractivity contribution in [1.29, 1.82) is 0 Å². The van der Waals surface area contributed by atoms with Crippen molar-refractivity contribution in [1.82, 2.24) is 4.98 Å². The molecule has 0 bridgehead atoms. The number of unbranched alkanes of at least 4 members (excludes halogenated alkanes) is 1. The van der Waals surface area contributed by atoms with E-state index < -0.39 is 5.97 Å². The van der Waals surface area contributed by atoms with Gasteiger partial charge < -0.3 is 9.90 Å². The fourth-order valence-electron chi connectivity index (χ4n) is 2.60. The highest BCUT2D eigenvalue weighted by Crippen LogP contribution is 2.34. The van der Waals surface area contributed by atoms with E-state index in [4.69, 9.17) is 4.98 Å². The number of rotatable bonds is 7. The van der Waals surface area contributed by atoms with E-state index in [0.29, 0.717) is 5.75 Å². The van der Waals surface area contributed by atoms with Crippen LogP contribution in [-0.2, 0) is 11.2 Å². The van der Waals surface area contributed by atoms with Crippen molar-refractivity contribution < 1.29 is 9.90 Å². The molecule has 0 saturated carbocycles. The number of thioether (sulfide) groups is 1. The fraction of sp³-hybridized carbons (Fsp3) is 0.444. The number of nitrogens with zero attached hydrogens (tertiary/aromatic N) is 1. The van der Waals surface area contributed by atoms with E-state index in [-0.39, 0.29) is 6.42 Å². The monoisotopic (exact) mass is 316 g/mol. The maximum Gasteiger partial charge on any atom is 0.0745 e. The lowest BCUT2D eigenvalue weighted by Crippen LogP contribution is -2.22. The van der Waals surface area contributed by atoms with Gasteiger partial charge in [-0.15, -0.1) is 11.8 Å². The average Bonchev–Trinajstić information content (AvgIpc) is 2.47. The van der Waals surface area contributed by atoms with Crippen molar-refractivity contribution in [2.45, 2.75) is 51.3 Å². The second-order valence-electron chi connectivity index (χ2n) is 5.55. The Kier molecular flexibility index (Phi) is 5.83. The number of carboxylic acid groups (broad SMARTS) is 1. The van der Waals surface area contributed by atoms with E-state index in [1.807, 2.05) is 6.07 Å². The maximum atomic E-state index is 10.7. The Hall–Kier alpha value is -1.55. The SMILES string of the molecule is CCCCc1c(C)nc2c(C)cccc2c1SCCC(=O)[O-]. The van der Waals surface area contributed by atoms with E-state index >= 15 is 0 Å². The molecule has 0 amide bonds. The molecular weight excluding hydrogens is 294 g/mol. The van der Waals surface area contributed by atoms with Gasteiger partial charge in [0.25, 0.3) is 0 Å². The Morgan fingerprint density at radius 2 is 2.09 bits per heavy atom. The van der Waals surface area contributed by atoms with Crippen LogP contribution in [0, 0.1) is 13.8 Å². The van der Waals surface area contributed by atoms with Crippen LogP contribution in [0.3, 0.4) is 0 Å². The minimum absolute atomic E-state index is 0.0760. The first kappa shape index (κ1) is 16.8. The van der Waals surface area contributed by atoms with Crippen LogP contribution in [0.2, 0.25) is 0 Å². The summed E-state index contributed by atoms with van der Waals surface area (Å²) in [6.07, 6.45) is 3.32. The molecule has 2 rings (SSSR count). The molecule has 118 valence electrons. The number of hydrogen-bond acceptors (Lipinski definition) is 4. The van der Waals surface area contributed by atoms with Gasteiger partial charge in [0.05, 0.1) is 5.52 Å². The Bertz CT molecular complexity index is 682. The van der Waals surface area contributed by atoms with E-state index in [0.717, 1.165) is 41.4 Å². The van der Waals surface area contributed by atoms with Crippen molar-refractivity contribution >= 4 is 28.6 Å². The van der Waals surface area contributed by atoms with Crippen molar-refractivity contribution in [3.05, 3.63) is 35.0 Å². The quantitative estimate of drug-likeness (QED) is 0.734. The molecule has 3 nitrogen and oxygen atoms in total. The third-order valence-corrected chi connectivity index (χ3v) is 4.97. The van der Waals surface area contributed by atoms with E-state index in [9.17, 15) is 9.90 Å². The molecule has 0 aliphatic rings. The van der Waals surface area contributed by atoms with Crippen LogP contribution in [0.4, 0.5) is 0 Å². The number of para-hydroxylation sites is 1. The lowest BCUT2D eigenvalue weighted by molar-refractivity contribution is -0.305. The van der Waals surface area contributed by atoms with Crippen molar-refractivity contribution in [2.24, 2.45) is 0 Å². The highest BCUT2D eigenvalue weighted by atomic mass is 32.2. The summed E-state index contributed by atoms with van der Waals surface area (Å²) in [5.74, 6) is -0.456. The van der Waals surface area contributed by atoms with Crippen molar-refractivity contribution in [3.8, 4) is 0 Å². The van der Waals surface area contributed by atoms with Gasteiger partial charge in [-0.25, -0.2) is 0 Å². The second kappa shape index (κ2) is 7.63. The van der Waals surface area contributed by atoms with Gasteiger partial charge in [-0.3, -0.25) is 4.98 Å². The van der Waals surface area contributed by atoms with Crippen LogP contribution in [0.25, 0.3) is 10.9 Å². The number of benzene rings is 1. The summed E-state index contributed by atoms with van der Waals surface area (Å²) in [5, 5.41) is 11.8. The molecule has 0 N–H and O–H groups in total. The number of hydrogen-bond donors (Lipinski definition) is 0. The Labute approximate surface area is 136 Å². The first-order valence-electron chi connectivity index (χ1n) is 7.76. The smallest absolute Gasteiger partial charge is 0.0745 e. The molecular formula is C18H22NO2S-.